The van der Waals surface area contributed by atoms with Crippen molar-refractivity contribution in [2.24, 2.45) is 0 Å². The van der Waals surface area contributed by atoms with E-state index in [1.165, 1.54) is 22.3 Å². The topological polar surface area (TPSA) is 26.3 Å². The van der Waals surface area contributed by atoms with E-state index in [1.54, 1.807) is 7.11 Å². The molecule has 0 aliphatic heterocycles. The van der Waals surface area contributed by atoms with Crippen molar-refractivity contribution in [1.29, 1.82) is 0 Å². The Morgan fingerprint density at radius 1 is 1.15 bits per heavy atom. The van der Waals surface area contributed by atoms with Gasteiger partial charge < -0.3 is 4.74 Å². The SMILES string of the molecule is COc1ccc2c(c1C)CCC1=C(C)C(=O)CCC12C. The van der Waals surface area contributed by atoms with E-state index in [4.69, 9.17) is 4.74 Å². The predicted octanol–water partition coefficient (Wildman–Crippen LogP) is 3.89. The van der Waals surface area contributed by atoms with Gasteiger partial charge in [-0.2, -0.15) is 0 Å². The van der Waals surface area contributed by atoms with Crippen LogP contribution in [-0.2, 0) is 16.6 Å². The van der Waals surface area contributed by atoms with Gasteiger partial charge in [-0.15, -0.1) is 0 Å². The number of allylic oxidation sites excluding steroid dienone is 2. The van der Waals surface area contributed by atoms with Crippen molar-refractivity contribution in [2.75, 3.05) is 7.11 Å². The van der Waals surface area contributed by atoms with Crippen LogP contribution in [0.25, 0.3) is 0 Å². The first kappa shape index (κ1) is 13.4. The van der Waals surface area contributed by atoms with Gasteiger partial charge in [-0.05, 0) is 61.4 Å². The fourth-order valence-electron chi connectivity index (χ4n) is 4.09. The molecule has 2 aliphatic carbocycles. The van der Waals surface area contributed by atoms with E-state index >= 15 is 0 Å². The molecule has 0 radical (unpaired) electrons. The first-order valence-electron chi connectivity index (χ1n) is 7.39. The van der Waals surface area contributed by atoms with Gasteiger partial charge in [0, 0.05) is 11.8 Å². The van der Waals surface area contributed by atoms with E-state index in [0.717, 1.165) is 30.6 Å². The number of methoxy groups -OCH3 is 1. The molecule has 0 saturated heterocycles. The minimum Gasteiger partial charge on any atom is -0.496 e. The number of benzene rings is 1. The summed E-state index contributed by atoms with van der Waals surface area (Å²) in [6.07, 6.45) is 3.65. The Morgan fingerprint density at radius 3 is 2.60 bits per heavy atom. The lowest BCUT2D eigenvalue weighted by Gasteiger charge is -2.43. The van der Waals surface area contributed by atoms with Crippen LogP contribution >= 0.6 is 0 Å². The molecule has 0 aromatic heterocycles. The summed E-state index contributed by atoms with van der Waals surface area (Å²) in [5.41, 5.74) is 6.52. The number of Topliss-reactive ketones (excluding diaryl/α,β-unsaturated/α-hetero) is 1. The maximum Gasteiger partial charge on any atom is 0.158 e. The van der Waals surface area contributed by atoms with Crippen LogP contribution in [-0.4, -0.2) is 12.9 Å². The van der Waals surface area contributed by atoms with Gasteiger partial charge in [-0.1, -0.05) is 18.6 Å². The highest BCUT2D eigenvalue weighted by atomic mass is 16.5. The fraction of sp³-hybridized carbons (Fsp3) is 0.500. The maximum absolute atomic E-state index is 12.0. The molecule has 0 N–H and O–H groups in total. The number of hydrogen-bond acceptors (Lipinski definition) is 2. The van der Waals surface area contributed by atoms with Crippen LogP contribution in [0, 0.1) is 6.92 Å². The number of carbonyl (C=O) groups excluding carboxylic acids is 1. The van der Waals surface area contributed by atoms with Gasteiger partial charge in [-0.25, -0.2) is 0 Å². The number of fused-ring (bicyclic) bond motifs is 3. The van der Waals surface area contributed by atoms with E-state index in [0.29, 0.717) is 12.2 Å². The summed E-state index contributed by atoms with van der Waals surface area (Å²) in [4.78, 5) is 12.0. The van der Waals surface area contributed by atoms with E-state index in [9.17, 15) is 4.79 Å². The molecule has 0 spiro atoms. The highest BCUT2D eigenvalue weighted by molar-refractivity contribution is 5.97. The molecule has 0 heterocycles. The summed E-state index contributed by atoms with van der Waals surface area (Å²) in [7, 11) is 1.73. The van der Waals surface area contributed by atoms with Gasteiger partial charge in [-0.3, -0.25) is 4.79 Å². The molecule has 1 unspecified atom stereocenters. The smallest absolute Gasteiger partial charge is 0.158 e. The minimum atomic E-state index is 0.0443. The third-order valence-corrected chi connectivity index (χ3v) is 5.38. The van der Waals surface area contributed by atoms with E-state index in [2.05, 4.69) is 26.0 Å². The lowest BCUT2D eigenvalue weighted by Crippen LogP contribution is -2.36. The zero-order valence-corrected chi connectivity index (χ0v) is 12.8. The second kappa shape index (κ2) is 4.47. The Bertz CT molecular complexity index is 625. The zero-order valence-electron chi connectivity index (χ0n) is 12.8. The third kappa shape index (κ3) is 1.67. The number of ether oxygens (including phenoxy) is 1. The Labute approximate surface area is 120 Å². The second-order valence-electron chi connectivity index (χ2n) is 6.28. The van der Waals surface area contributed by atoms with Crippen LogP contribution in [0.4, 0.5) is 0 Å². The van der Waals surface area contributed by atoms with Crippen LogP contribution in [0.5, 0.6) is 5.75 Å². The molecular weight excluding hydrogens is 248 g/mol. The molecule has 0 bridgehead atoms. The predicted molar refractivity (Wildman–Crippen MR) is 80.3 cm³/mol. The molecule has 1 aromatic rings. The third-order valence-electron chi connectivity index (χ3n) is 5.38. The maximum atomic E-state index is 12.0. The highest BCUT2D eigenvalue weighted by Crippen LogP contribution is 2.49. The quantitative estimate of drug-likeness (QED) is 0.774. The molecular formula is C18H22O2. The van der Waals surface area contributed by atoms with E-state index in [-0.39, 0.29) is 5.41 Å². The number of carbonyl (C=O) groups is 1. The minimum absolute atomic E-state index is 0.0443. The van der Waals surface area contributed by atoms with Crippen molar-refractivity contribution in [3.63, 3.8) is 0 Å². The van der Waals surface area contributed by atoms with Gasteiger partial charge in [0.05, 0.1) is 7.11 Å². The molecule has 20 heavy (non-hydrogen) atoms. The summed E-state index contributed by atoms with van der Waals surface area (Å²) in [6, 6.07) is 4.29. The normalized spacial score (nSPS) is 25.3. The Kier molecular flexibility index (Phi) is 3.00. The van der Waals surface area contributed by atoms with Crippen LogP contribution in [0.15, 0.2) is 23.3 Å². The van der Waals surface area contributed by atoms with Crippen molar-refractivity contribution in [3.05, 3.63) is 40.0 Å². The largest absolute Gasteiger partial charge is 0.496 e. The summed E-state index contributed by atoms with van der Waals surface area (Å²) >= 11 is 0. The second-order valence-corrected chi connectivity index (χ2v) is 6.28. The Morgan fingerprint density at radius 2 is 1.90 bits per heavy atom. The summed E-state index contributed by atoms with van der Waals surface area (Å²) in [6.45, 7) is 6.47. The molecule has 0 saturated carbocycles. The van der Waals surface area contributed by atoms with E-state index < -0.39 is 0 Å². The Hall–Kier alpha value is -1.57. The molecule has 1 atom stereocenters. The van der Waals surface area contributed by atoms with Crippen LogP contribution < -0.4 is 4.74 Å². The van der Waals surface area contributed by atoms with Crippen LogP contribution in [0.3, 0.4) is 0 Å². The van der Waals surface area contributed by atoms with Gasteiger partial charge in [0.15, 0.2) is 5.78 Å². The Balaban J connectivity index is 2.22. The molecule has 3 rings (SSSR count). The molecule has 2 nitrogen and oxygen atoms in total. The van der Waals surface area contributed by atoms with Gasteiger partial charge >= 0.3 is 0 Å². The van der Waals surface area contributed by atoms with Gasteiger partial charge in [0.1, 0.15) is 5.75 Å². The van der Waals surface area contributed by atoms with Crippen molar-refractivity contribution >= 4 is 5.78 Å². The zero-order chi connectivity index (χ0) is 14.5. The molecule has 0 fully saturated rings. The molecule has 0 amide bonds. The molecule has 2 heteroatoms. The van der Waals surface area contributed by atoms with Crippen molar-refractivity contribution < 1.29 is 9.53 Å². The number of hydrogen-bond donors (Lipinski definition) is 0. The average molecular weight is 270 g/mol. The van der Waals surface area contributed by atoms with E-state index in [1.807, 2.05) is 6.92 Å². The monoisotopic (exact) mass is 270 g/mol. The van der Waals surface area contributed by atoms with Crippen molar-refractivity contribution in [3.8, 4) is 5.75 Å². The number of ketones is 1. The standard InChI is InChI=1S/C18H22O2/c1-11-13-5-6-14-12(2)16(19)9-10-18(14,3)15(13)7-8-17(11)20-4/h7-8H,5-6,9-10H2,1-4H3. The summed E-state index contributed by atoms with van der Waals surface area (Å²) < 4.78 is 5.45. The average Bonchev–Trinajstić information content (AvgIpc) is 2.44. The summed E-state index contributed by atoms with van der Waals surface area (Å²) in [5.74, 6) is 1.31. The van der Waals surface area contributed by atoms with Crippen molar-refractivity contribution in [2.45, 2.75) is 51.9 Å². The number of rotatable bonds is 1. The lowest BCUT2D eigenvalue weighted by molar-refractivity contribution is -0.116. The van der Waals surface area contributed by atoms with Gasteiger partial charge in [0.2, 0.25) is 0 Å². The van der Waals surface area contributed by atoms with Crippen molar-refractivity contribution in [1.82, 2.24) is 0 Å². The summed E-state index contributed by atoms with van der Waals surface area (Å²) in [5, 5.41) is 0. The lowest BCUT2D eigenvalue weighted by atomic mass is 9.61. The molecule has 106 valence electrons. The molecule has 1 aromatic carbocycles. The van der Waals surface area contributed by atoms with Crippen LogP contribution in [0.1, 0.15) is 49.8 Å². The van der Waals surface area contributed by atoms with Crippen LogP contribution in [0.2, 0.25) is 0 Å². The van der Waals surface area contributed by atoms with Gasteiger partial charge in [0.25, 0.3) is 0 Å². The highest BCUT2D eigenvalue weighted by Gasteiger charge is 2.41. The molecule has 2 aliphatic rings. The first-order valence-corrected chi connectivity index (χ1v) is 7.39. The first-order chi connectivity index (χ1) is 9.49. The fourth-order valence-corrected chi connectivity index (χ4v) is 4.09.